The largest absolute Gasteiger partial charge is 0.480 e. The maximum Gasteiger partial charge on any atom is 0.323 e. The molecule has 0 fully saturated rings. The normalized spacial score (nSPS) is 10.8. The zero-order chi connectivity index (χ0) is 23.5. The molecule has 0 atom stereocenters. The molecular formula is C25H23N5O3. The predicted molar refractivity (Wildman–Crippen MR) is 127 cm³/mol. The average Bonchev–Trinajstić information content (AvgIpc) is 3.12. The van der Waals surface area contributed by atoms with E-state index in [9.17, 15) is 14.7 Å². The number of nitrogens with zero attached hydrogens (tertiary/aromatic N) is 3. The Labute approximate surface area is 190 Å². The van der Waals surface area contributed by atoms with E-state index in [1.54, 1.807) is 48.5 Å². The van der Waals surface area contributed by atoms with E-state index < -0.39 is 18.4 Å². The summed E-state index contributed by atoms with van der Waals surface area (Å²) < 4.78 is 1.97. The molecule has 0 aliphatic carbocycles. The van der Waals surface area contributed by atoms with E-state index in [-0.39, 0.29) is 5.84 Å². The Morgan fingerprint density at radius 2 is 1.70 bits per heavy atom. The third kappa shape index (κ3) is 4.59. The van der Waals surface area contributed by atoms with Gasteiger partial charge in [0.2, 0.25) is 0 Å². The van der Waals surface area contributed by atoms with Crippen LogP contribution < -0.4 is 10.6 Å². The molecule has 166 valence electrons. The van der Waals surface area contributed by atoms with Gasteiger partial charge < -0.3 is 15.4 Å². The van der Waals surface area contributed by atoms with E-state index in [1.807, 2.05) is 35.9 Å². The number of amides is 1. The molecule has 0 radical (unpaired) electrons. The van der Waals surface area contributed by atoms with E-state index in [0.29, 0.717) is 28.8 Å². The number of anilines is 1. The Balaban J connectivity index is 1.64. The number of carboxylic acids is 1. The monoisotopic (exact) mass is 441 g/mol. The summed E-state index contributed by atoms with van der Waals surface area (Å²) in [7, 11) is 1.91. The number of rotatable bonds is 7. The van der Waals surface area contributed by atoms with Crippen LogP contribution in [-0.4, -0.2) is 38.9 Å². The van der Waals surface area contributed by atoms with Crippen molar-refractivity contribution in [2.45, 2.75) is 6.42 Å². The fraction of sp³-hybridized carbons (Fsp3) is 0.120. The quantitative estimate of drug-likeness (QED) is 0.300. The number of imidazole rings is 1. The number of nitrogens with two attached hydrogens (primary N) is 1. The second kappa shape index (κ2) is 8.96. The zero-order valence-electron chi connectivity index (χ0n) is 18.0. The van der Waals surface area contributed by atoms with Crippen molar-refractivity contribution in [3.05, 3.63) is 95.3 Å². The van der Waals surface area contributed by atoms with Gasteiger partial charge in [-0.2, -0.15) is 0 Å². The zero-order valence-corrected chi connectivity index (χ0v) is 18.0. The maximum atomic E-state index is 13.2. The van der Waals surface area contributed by atoms with Gasteiger partial charge in [0.25, 0.3) is 5.91 Å². The molecule has 8 nitrogen and oxygen atoms in total. The molecule has 4 aromatic rings. The van der Waals surface area contributed by atoms with Crippen LogP contribution in [-0.2, 0) is 18.3 Å². The fourth-order valence-electron chi connectivity index (χ4n) is 3.70. The van der Waals surface area contributed by atoms with Crippen molar-refractivity contribution < 1.29 is 14.7 Å². The minimum atomic E-state index is -1.09. The van der Waals surface area contributed by atoms with E-state index in [0.717, 1.165) is 16.9 Å². The molecule has 0 aliphatic heterocycles. The molecule has 0 saturated heterocycles. The van der Waals surface area contributed by atoms with Crippen LogP contribution in [0.25, 0.3) is 11.0 Å². The number of benzene rings is 3. The lowest BCUT2D eigenvalue weighted by Crippen LogP contribution is -2.35. The van der Waals surface area contributed by atoms with Crippen molar-refractivity contribution in [2.75, 3.05) is 11.4 Å². The number of aryl methyl sites for hydroxylation is 1. The lowest BCUT2D eigenvalue weighted by atomic mass is 10.1. The van der Waals surface area contributed by atoms with E-state index >= 15 is 0 Å². The summed E-state index contributed by atoms with van der Waals surface area (Å²) in [5.74, 6) is -0.661. The summed E-state index contributed by atoms with van der Waals surface area (Å²) in [5, 5.41) is 16.8. The van der Waals surface area contributed by atoms with Crippen LogP contribution in [0.1, 0.15) is 27.3 Å². The Hall–Kier alpha value is -4.46. The SMILES string of the molecule is Cn1c(Cc2ccc(C(=N)N)cc2)nc2cc(C(=O)N(CC(=O)O)c3ccccc3)ccc21. The summed E-state index contributed by atoms with van der Waals surface area (Å²) in [6, 6.07) is 21.4. The van der Waals surface area contributed by atoms with E-state index in [1.165, 1.54) is 4.90 Å². The Morgan fingerprint density at radius 1 is 1.03 bits per heavy atom. The first kappa shape index (κ1) is 21.8. The molecule has 3 aromatic carbocycles. The Morgan fingerprint density at radius 3 is 2.33 bits per heavy atom. The van der Waals surface area contributed by atoms with Crippen molar-refractivity contribution in [1.29, 1.82) is 5.41 Å². The minimum Gasteiger partial charge on any atom is -0.480 e. The van der Waals surface area contributed by atoms with Crippen molar-refractivity contribution in [3.8, 4) is 0 Å². The molecule has 0 saturated carbocycles. The van der Waals surface area contributed by atoms with Gasteiger partial charge in [0, 0.05) is 30.3 Å². The Bertz CT molecular complexity index is 1340. The number of carbonyl (C=O) groups is 2. The average molecular weight is 441 g/mol. The van der Waals surface area contributed by atoms with Gasteiger partial charge in [-0.25, -0.2) is 4.98 Å². The summed E-state index contributed by atoms with van der Waals surface area (Å²) in [4.78, 5) is 30.5. The van der Waals surface area contributed by atoms with Crippen molar-refractivity contribution in [3.63, 3.8) is 0 Å². The summed E-state index contributed by atoms with van der Waals surface area (Å²) in [5.41, 5.74) is 9.60. The maximum absolute atomic E-state index is 13.2. The number of hydrogen-bond acceptors (Lipinski definition) is 4. The van der Waals surface area contributed by atoms with Crippen molar-refractivity contribution in [1.82, 2.24) is 9.55 Å². The number of nitrogens with one attached hydrogen (secondary N) is 1. The fourth-order valence-corrected chi connectivity index (χ4v) is 3.70. The van der Waals surface area contributed by atoms with Gasteiger partial charge in [0.15, 0.2) is 0 Å². The van der Waals surface area contributed by atoms with Gasteiger partial charge in [0.05, 0.1) is 11.0 Å². The highest BCUT2D eigenvalue weighted by atomic mass is 16.4. The summed E-state index contributed by atoms with van der Waals surface area (Å²) in [6.45, 7) is -0.440. The molecular weight excluding hydrogens is 418 g/mol. The molecule has 33 heavy (non-hydrogen) atoms. The molecule has 8 heteroatoms. The number of amidine groups is 1. The molecule has 0 bridgehead atoms. The number of para-hydroxylation sites is 1. The third-order valence-electron chi connectivity index (χ3n) is 5.45. The second-order valence-electron chi connectivity index (χ2n) is 7.70. The number of nitrogen functional groups attached to an aromatic ring is 1. The molecule has 4 N–H and O–H groups in total. The van der Waals surface area contributed by atoms with E-state index in [4.69, 9.17) is 16.1 Å². The van der Waals surface area contributed by atoms with Crippen LogP contribution in [0.15, 0.2) is 72.8 Å². The first-order valence-corrected chi connectivity index (χ1v) is 10.3. The van der Waals surface area contributed by atoms with Crippen LogP contribution in [0.5, 0.6) is 0 Å². The lowest BCUT2D eigenvalue weighted by molar-refractivity contribution is -0.135. The van der Waals surface area contributed by atoms with Gasteiger partial charge in [-0.15, -0.1) is 0 Å². The van der Waals surface area contributed by atoms with Crippen LogP contribution in [0.2, 0.25) is 0 Å². The van der Waals surface area contributed by atoms with E-state index in [2.05, 4.69) is 0 Å². The van der Waals surface area contributed by atoms with Crippen LogP contribution >= 0.6 is 0 Å². The molecule has 0 spiro atoms. The van der Waals surface area contributed by atoms with Crippen LogP contribution in [0.3, 0.4) is 0 Å². The predicted octanol–water partition coefficient (Wildman–Crippen LogP) is 3.18. The highest BCUT2D eigenvalue weighted by molar-refractivity contribution is 6.09. The number of carbonyl (C=O) groups excluding carboxylic acids is 1. The number of carboxylic acid groups (broad SMARTS) is 1. The number of aromatic nitrogens is 2. The Kier molecular flexibility index (Phi) is 5.91. The first-order valence-electron chi connectivity index (χ1n) is 10.3. The highest BCUT2D eigenvalue weighted by Crippen LogP contribution is 2.22. The van der Waals surface area contributed by atoms with Crippen LogP contribution in [0, 0.1) is 5.41 Å². The van der Waals surface area contributed by atoms with Gasteiger partial charge in [-0.1, -0.05) is 42.5 Å². The van der Waals surface area contributed by atoms with Gasteiger partial charge in [-0.3, -0.25) is 19.9 Å². The topological polar surface area (TPSA) is 125 Å². The summed E-state index contributed by atoms with van der Waals surface area (Å²) in [6.07, 6.45) is 0.571. The first-order chi connectivity index (χ1) is 15.8. The van der Waals surface area contributed by atoms with Gasteiger partial charge in [-0.05, 0) is 35.9 Å². The van der Waals surface area contributed by atoms with Gasteiger partial charge in [0.1, 0.15) is 18.2 Å². The highest BCUT2D eigenvalue weighted by Gasteiger charge is 2.21. The third-order valence-corrected chi connectivity index (χ3v) is 5.45. The number of fused-ring (bicyclic) bond motifs is 1. The summed E-state index contributed by atoms with van der Waals surface area (Å²) >= 11 is 0. The molecule has 1 heterocycles. The number of hydrogen-bond donors (Lipinski definition) is 3. The van der Waals surface area contributed by atoms with Gasteiger partial charge >= 0.3 is 5.97 Å². The minimum absolute atomic E-state index is 0.0221. The molecule has 1 amide bonds. The van der Waals surface area contributed by atoms with Crippen molar-refractivity contribution in [2.24, 2.45) is 12.8 Å². The lowest BCUT2D eigenvalue weighted by Gasteiger charge is -2.21. The van der Waals surface area contributed by atoms with Crippen molar-refractivity contribution >= 4 is 34.4 Å². The molecule has 0 aliphatic rings. The number of aliphatic carboxylic acids is 1. The molecule has 1 aromatic heterocycles. The molecule has 0 unspecified atom stereocenters. The smallest absolute Gasteiger partial charge is 0.323 e. The second-order valence-corrected chi connectivity index (χ2v) is 7.70. The standard InChI is InChI=1S/C25H23N5O3/c1-29-21-12-11-18(25(33)30(15-23(31)32)19-5-3-2-4-6-19)14-20(21)28-22(29)13-16-7-9-17(10-8-16)24(26)27/h2-12,14H,13,15H2,1H3,(H3,26,27)(H,31,32). The van der Waals surface area contributed by atoms with Crippen LogP contribution in [0.4, 0.5) is 5.69 Å². The molecule has 4 rings (SSSR count).